The summed E-state index contributed by atoms with van der Waals surface area (Å²) in [5.41, 5.74) is 5.52. The summed E-state index contributed by atoms with van der Waals surface area (Å²) in [6.07, 6.45) is -0.0861. The highest BCUT2D eigenvalue weighted by Gasteiger charge is 2.17. The molecule has 0 aliphatic rings. The first-order chi connectivity index (χ1) is 9.19. The van der Waals surface area contributed by atoms with Crippen molar-refractivity contribution in [3.8, 4) is 0 Å². The first kappa shape index (κ1) is 16.1. The van der Waals surface area contributed by atoms with Crippen molar-refractivity contribution >= 4 is 21.9 Å². The molecule has 7 nitrogen and oxygen atoms in total. The van der Waals surface area contributed by atoms with Crippen molar-refractivity contribution in [2.75, 3.05) is 0 Å². The fourth-order valence-corrected chi connectivity index (χ4v) is 3.07. The number of amides is 1. The number of nitrogens with two attached hydrogens (primary N) is 1. The lowest BCUT2D eigenvalue weighted by atomic mass is 10.1. The smallest absolute Gasteiger partial charge is 0.335 e. The zero-order valence-electron chi connectivity index (χ0n) is 10.9. The number of hydrogen-bond donors (Lipinski definition) is 3. The number of carboxylic acids is 1. The van der Waals surface area contributed by atoms with Gasteiger partial charge in [0.15, 0.2) is 0 Å². The molecule has 0 fully saturated rings. The van der Waals surface area contributed by atoms with Crippen LogP contribution in [0.5, 0.6) is 0 Å². The molecule has 1 unspecified atom stereocenters. The van der Waals surface area contributed by atoms with Crippen LogP contribution in [0.4, 0.5) is 0 Å². The SMILES string of the molecule is CC(CC(N)=O)NS(=O)(=O)Cc1ccc(C(=O)O)cc1. The quantitative estimate of drug-likeness (QED) is 0.656. The Morgan fingerprint density at radius 2 is 1.85 bits per heavy atom. The molecule has 0 aliphatic heterocycles. The van der Waals surface area contributed by atoms with E-state index in [0.717, 1.165) is 0 Å². The standard InChI is InChI=1S/C12H16N2O5S/c1-8(6-11(13)15)14-20(18,19)7-9-2-4-10(5-3-9)12(16)17/h2-5,8,14H,6-7H2,1H3,(H2,13,15)(H,16,17). The van der Waals surface area contributed by atoms with Crippen molar-refractivity contribution in [3.63, 3.8) is 0 Å². The van der Waals surface area contributed by atoms with Gasteiger partial charge in [-0.2, -0.15) is 0 Å². The molecule has 0 heterocycles. The van der Waals surface area contributed by atoms with Crippen molar-refractivity contribution in [2.24, 2.45) is 5.73 Å². The van der Waals surface area contributed by atoms with Crippen LogP contribution in [0.15, 0.2) is 24.3 Å². The maximum absolute atomic E-state index is 11.8. The van der Waals surface area contributed by atoms with E-state index >= 15 is 0 Å². The third-order valence-electron chi connectivity index (χ3n) is 2.45. The minimum absolute atomic E-state index is 0.0844. The number of nitrogens with one attached hydrogen (secondary N) is 1. The van der Waals surface area contributed by atoms with Crippen LogP contribution in [0, 0.1) is 0 Å². The largest absolute Gasteiger partial charge is 0.478 e. The number of benzene rings is 1. The monoisotopic (exact) mass is 300 g/mol. The van der Waals surface area contributed by atoms with E-state index in [1.54, 1.807) is 0 Å². The molecular formula is C12H16N2O5S. The van der Waals surface area contributed by atoms with Crippen LogP contribution >= 0.6 is 0 Å². The molecule has 0 saturated carbocycles. The Hall–Kier alpha value is -1.93. The van der Waals surface area contributed by atoms with Gasteiger partial charge in [-0.05, 0) is 24.6 Å². The summed E-state index contributed by atoms with van der Waals surface area (Å²) in [5, 5.41) is 8.74. The molecule has 1 aromatic carbocycles. The summed E-state index contributed by atoms with van der Waals surface area (Å²) < 4.78 is 26.0. The Balaban J connectivity index is 2.71. The molecule has 20 heavy (non-hydrogen) atoms. The fourth-order valence-electron chi connectivity index (χ4n) is 1.65. The average Bonchev–Trinajstić information content (AvgIpc) is 2.26. The predicted molar refractivity (Wildman–Crippen MR) is 72.4 cm³/mol. The number of sulfonamides is 1. The maximum Gasteiger partial charge on any atom is 0.335 e. The minimum Gasteiger partial charge on any atom is -0.478 e. The first-order valence-electron chi connectivity index (χ1n) is 5.80. The van der Waals surface area contributed by atoms with E-state index in [-0.39, 0.29) is 17.7 Å². The second kappa shape index (κ2) is 6.49. The van der Waals surface area contributed by atoms with Gasteiger partial charge in [-0.1, -0.05) is 12.1 Å². The number of rotatable bonds is 7. The fraction of sp³-hybridized carbons (Fsp3) is 0.333. The van der Waals surface area contributed by atoms with Crippen LogP contribution in [-0.2, 0) is 20.6 Å². The summed E-state index contributed by atoms with van der Waals surface area (Å²) in [6, 6.07) is 4.94. The van der Waals surface area contributed by atoms with Crippen LogP contribution in [0.2, 0.25) is 0 Å². The van der Waals surface area contributed by atoms with Gasteiger partial charge in [0.2, 0.25) is 15.9 Å². The Morgan fingerprint density at radius 3 is 2.30 bits per heavy atom. The lowest BCUT2D eigenvalue weighted by Gasteiger charge is -2.12. The summed E-state index contributed by atoms with van der Waals surface area (Å²) in [6.45, 7) is 1.54. The van der Waals surface area contributed by atoms with E-state index in [0.29, 0.717) is 5.56 Å². The van der Waals surface area contributed by atoms with Crippen LogP contribution in [-0.4, -0.2) is 31.4 Å². The Morgan fingerprint density at radius 1 is 1.30 bits per heavy atom. The molecule has 1 rings (SSSR count). The topological polar surface area (TPSA) is 127 Å². The zero-order valence-corrected chi connectivity index (χ0v) is 11.7. The molecule has 1 aromatic rings. The molecule has 4 N–H and O–H groups in total. The van der Waals surface area contributed by atoms with E-state index in [2.05, 4.69) is 4.72 Å². The third-order valence-corrected chi connectivity index (χ3v) is 3.92. The van der Waals surface area contributed by atoms with Crippen molar-refractivity contribution in [1.29, 1.82) is 0 Å². The van der Waals surface area contributed by atoms with Crippen LogP contribution in [0.3, 0.4) is 0 Å². The molecule has 0 spiro atoms. The molecule has 8 heteroatoms. The van der Waals surface area contributed by atoms with Gasteiger partial charge in [-0.15, -0.1) is 0 Å². The van der Waals surface area contributed by atoms with Gasteiger partial charge in [0, 0.05) is 12.5 Å². The number of carboxylic acid groups (broad SMARTS) is 1. The average molecular weight is 300 g/mol. The Bertz CT molecular complexity index is 595. The Labute approximate surface area is 116 Å². The normalized spacial score (nSPS) is 12.8. The second-order valence-electron chi connectivity index (χ2n) is 4.45. The van der Waals surface area contributed by atoms with E-state index in [4.69, 9.17) is 10.8 Å². The van der Waals surface area contributed by atoms with Crippen LogP contribution in [0.1, 0.15) is 29.3 Å². The van der Waals surface area contributed by atoms with E-state index in [1.165, 1.54) is 31.2 Å². The van der Waals surface area contributed by atoms with E-state index in [9.17, 15) is 18.0 Å². The van der Waals surface area contributed by atoms with Gasteiger partial charge < -0.3 is 10.8 Å². The summed E-state index contributed by atoms with van der Waals surface area (Å²) in [7, 11) is -3.62. The van der Waals surface area contributed by atoms with Gasteiger partial charge in [0.05, 0.1) is 11.3 Å². The van der Waals surface area contributed by atoms with E-state index in [1.807, 2.05) is 0 Å². The van der Waals surface area contributed by atoms with Crippen LogP contribution in [0.25, 0.3) is 0 Å². The van der Waals surface area contributed by atoms with Crippen LogP contribution < -0.4 is 10.5 Å². The Kier molecular flexibility index (Phi) is 5.23. The van der Waals surface area contributed by atoms with Crippen molar-refractivity contribution in [1.82, 2.24) is 4.72 Å². The lowest BCUT2D eigenvalue weighted by molar-refractivity contribution is -0.118. The molecule has 1 atom stereocenters. The van der Waals surface area contributed by atoms with Gasteiger partial charge in [-0.25, -0.2) is 17.9 Å². The first-order valence-corrected chi connectivity index (χ1v) is 7.45. The molecule has 0 saturated heterocycles. The molecule has 0 radical (unpaired) electrons. The van der Waals surface area contributed by atoms with Gasteiger partial charge >= 0.3 is 5.97 Å². The van der Waals surface area contributed by atoms with Crippen molar-refractivity contribution < 1.29 is 23.1 Å². The number of primary amides is 1. The number of carbonyl (C=O) groups excluding carboxylic acids is 1. The molecule has 0 aromatic heterocycles. The number of aromatic carboxylic acids is 1. The minimum atomic E-state index is -3.62. The van der Waals surface area contributed by atoms with Crippen molar-refractivity contribution in [3.05, 3.63) is 35.4 Å². The highest BCUT2D eigenvalue weighted by molar-refractivity contribution is 7.88. The number of hydrogen-bond acceptors (Lipinski definition) is 4. The second-order valence-corrected chi connectivity index (χ2v) is 6.20. The van der Waals surface area contributed by atoms with Gasteiger partial charge in [-0.3, -0.25) is 4.79 Å². The third kappa shape index (κ3) is 5.37. The number of carbonyl (C=O) groups is 2. The summed E-state index contributed by atoms with van der Waals surface area (Å²) in [5.74, 6) is -1.96. The van der Waals surface area contributed by atoms with Gasteiger partial charge in [0.25, 0.3) is 0 Å². The molecule has 0 bridgehead atoms. The van der Waals surface area contributed by atoms with Gasteiger partial charge in [0.1, 0.15) is 0 Å². The lowest BCUT2D eigenvalue weighted by Crippen LogP contribution is -2.36. The summed E-state index contributed by atoms with van der Waals surface area (Å²) in [4.78, 5) is 21.4. The molecule has 1 amide bonds. The molecule has 0 aliphatic carbocycles. The predicted octanol–water partition coefficient (Wildman–Crippen LogP) is 0.0681. The van der Waals surface area contributed by atoms with E-state index < -0.39 is 27.9 Å². The van der Waals surface area contributed by atoms with Crippen molar-refractivity contribution in [2.45, 2.75) is 25.1 Å². The maximum atomic E-state index is 11.8. The molecular weight excluding hydrogens is 284 g/mol. The highest BCUT2D eigenvalue weighted by Crippen LogP contribution is 2.08. The summed E-state index contributed by atoms with van der Waals surface area (Å²) >= 11 is 0. The highest BCUT2D eigenvalue weighted by atomic mass is 32.2. The molecule has 110 valence electrons. The zero-order chi connectivity index (χ0) is 15.3.